The molecule has 1 N–H and O–H groups in total. The van der Waals surface area contributed by atoms with Crippen LogP contribution in [0.2, 0.25) is 0 Å². The number of benzene rings is 1. The minimum absolute atomic E-state index is 0.0436. The van der Waals surface area contributed by atoms with Gasteiger partial charge < -0.3 is 10.0 Å². The molecule has 0 heterocycles. The SMILES string of the molecule is C=CCC(=O)N(C)[C@@H](CO)c1ccccc1. The van der Waals surface area contributed by atoms with Gasteiger partial charge in [0.05, 0.1) is 12.6 Å². The predicted molar refractivity (Wildman–Crippen MR) is 63.9 cm³/mol. The van der Waals surface area contributed by atoms with E-state index in [-0.39, 0.29) is 18.6 Å². The summed E-state index contributed by atoms with van der Waals surface area (Å²) in [7, 11) is 1.69. The number of rotatable bonds is 5. The van der Waals surface area contributed by atoms with Crippen molar-refractivity contribution in [1.29, 1.82) is 0 Å². The van der Waals surface area contributed by atoms with Crippen molar-refractivity contribution < 1.29 is 9.90 Å². The highest BCUT2D eigenvalue weighted by Crippen LogP contribution is 2.19. The molecule has 1 aromatic carbocycles. The molecule has 86 valence electrons. The third-order valence-corrected chi connectivity index (χ3v) is 2.54. The van der Waals surface area contributed by atoms with E-state index in [0.29, 0.717) is 6.42 Å². The number of likely N-dealkylation sites (N-methyl/N-ethyl adjacent to an activating group) is 1. The van der Waals surface area contributed by atoms with Gasteiger partial charge in [0.2, 0.25) is 5.91 Å². The number of hydrogen-bond acceptors (Lipinski definition) is 2. The Morgan fingerprint density at radius 1 is 1.50 bits per heavy atom. The molecule has 0 aliphatic rings. The molecular formula is C13H17NO2. The van der Waals surface area contributed by atoms with Crippen LogP contribution in [0.25, 0.3) is 0 Å². The molecule has 16 heavy (non-hydrogen) atoms. The van der Waals surface area contributed by atoms with E-state index in [1.165, 1.54) is 0 Å². The van der Waals surface area contributed by atoms with Crippen molar-refractivity contribution in [2.45, 2.75) is 12.5 Å². The van der Waals surface area contributed by atoms with Gasteiger partial charge in [-0.25, -0.2) is 0 Å². The summed E-state index contributed by atoms with van der Waals surface area (Å²) in [5.74, 6) is -0.0436. The number of carbonyl (C=O) groups is 1. The normalized spacial score (nSPS) is 11.9. The number of hydrogen-bond donors (Lipinski definition) is 1. The van der Waals surface area contributed by atoms with Crippen LogP contribution < -0.4 is 0 Å². The Morgan fingerprint density at radius 2 is 2.12 bits per heavy atom. The van der Waals surface area contributed by atoms with Crippen molar-refractivity contribution in [3.8, 4) is 0 Å². The van der Waals surface area contributed by atoms with E-state index in [9.17, 15) is 9.90 Å². The molecule has 1 amide bonds. The number of carbonyl (C=O) groups excluding carboxylic acids is 1. The Balaban J connectivity index is 2.82. The molecule has 0 saturated carbocycles. The first-order chi connectivity index (χ1) is 7.70. The van der Waals surface area contributed by atoms with Crippen molar-refractivity contribution in [3.63, 3.8) is 0 Å². The van der Waals surface area contributed by atoms with Gasteiger partial charge in [-0.15, -0.1) is 6.58 Å². The smallest absolute Gasteiger partial charge is 0.226 e. The quantitative estimate of drug-likeness (QED) is 0.766. The lowest BCUT2D eigenvalue weighted by Crippen LogP contribution is -2.32. The molecule has 3 heteroatoms. The molecule has 0 radical (unpaired) electrons. The van der Waals surface area contributed by atoms with Crippen LogP contribution in [0.4, 0.5) is 0 Å². The number of aliphatic hydroxyl groups excluding tert-OH is 1. The van der Waals surface area contributed by atoms with E-state index in [1.54, 1.807) is 18.0 Å². The molecule has 0 unspecified atom stereocenters. The summed E-state index contributed by atoms with van der Waals surface area (Å²) in [6.07, 6.45) is 1.86. The second kappa shape index (κ2) is 6.08. The van der Waals surface area contributed by atoms with Gasteiger partial charge in [-0.2, -0.15) is 0 Å². The fourth-order valence-electron chi connectivity index (χ4n) is 1.57. The summed E-state index contributed by atoms with van der Waals surface area (Å²) < 4.78 is 0. The maximum Gasteiger partial charge on any atom is 0.226 e. The van der Waals surface area contributed by atoms with E-state index in [2.05, 4.69) is 6.58 Å². The van der Waals surface area contributed by atoms with Gasteiger partial charge in [0.15, 0.2) is 0 Å². The summed E-state index contributed by atoms with van der Waals surface area (Å²) in [6.45, 7) is 3.45. The summed E-state index contributed by atoms with van der Waals surface area (Å²) in [4.78, 5) is 13.2. The second-order valence-electron chi connectivity index (χ2n) is 3.61. The van der Waals surface area contributed by atoms with Gasteiger partial charge in [0.25, 0.3) is 0 Å². The lowest BCUT2D eigenvalue weighted by molar-refractivity contribution is -0.132. The highest BCUT2D eigenvalue weighted by Gasteiger charge is 2.19. The maximum atomic E-state index is 11.7. The minimum Gasteiger partial charge on any atom is -0.394 e. The molecular weight excluding hydrogens is 202 g/mol. The zero-order valence-electron chi connectivity index (χ0n) is 9.47. The van der Waals surface area contributed by atoms with Crippen LogP contribution in [0.1, 0.15) is 18.0 Å². The Morgan fingerprint density at radius 3 is 2.62 bits per heavy atom. The molecule has 0 bridgehead atoms. The van der Waals surface area contributed by atoms with Crippen molar-refractivity contribution in [2.24, 2.45) is 0 Å². The molecule has 0 fully saturated rings. The molecule has 0 aromatic heterocycles. The van der Waals surface area contributed by atoms with Crippen molar-refractivity contribution in [2.75, 3.05) is 13.7 Å². The first-order valence-corrected chi connectivity index (χ1v) is 5.23. The summed E-state index contributed by atoms with van der Waals surface area (Å²) in [5, 5.41) is 9.35. The van der Waals surface area contributed by atoms with E-state index >= 15 is 0 Å². The van der Waals surface area contributed by atoms with Crippen molar-refractivity contribution in [3.05, 3.63) is 48.6 Å². The second-order valence-corrected chi connectivity index (χ2v) is 3.61. The average molecular weight is 219 g/mol. The number of nitrogens with zero attached hydrogens (tertiary/aromatic N) is 1. The first-order valence-electron chi connectivity index (χ1n) is 5.23. The van der Waals surface area contributed by atoms with Crippen molar-refractivity contribution in [1.82, 2.24) is 4.90 Å². The van der Waals surface area contributed by atoms with Crippen LogP contribution in [-0.4, -0.2) is 29.6 Å². The minimum atomic E-state index is -0.284. The molecule has 1 rings (SSSR count). The standard InChI is InChI=1S/C13H17NO2/c1-3-7-13(16)14(2)12(10-15)11-8-5-4-6-9-11/h3-6,8-9,12,15H,1,7,10H2,2H3/t12-/m0/s1. The van der Waals surface area contributed by atoms with Gasteiger partial charge in [-0.3, -0.25) is 4.79 Å². The van der Waals surface area contributed by atoms with Gasteiger partial charge >= 0.3 is 0 Å². The molecule has 3 nitrogen and oxygen atoms in total. The van der Waals surface area contributed by atoms with Gasteiger partial charge in [0, 0.05) is 13.5 Å². The zero-order chi connectivity index (χ0) is 12.0. The largest absolute Gasteiger partial charge is 0.394 e. The maximum absolute atomic E-state index is 11.7. The third-order valence-electron chi connectivity index (χ3n) is 2.54. The molecule has 1 atom stereocenters. The Labute approximate surface area is 96.0 Å². The Kier molecular flexibility index (Phi) is 4.73. The fourth-order valence-corrected chi connectivity index (χ4v) is 1.57. The predicted octanol–water partition coefficient (Wildman–Crippen LogP) is 1.75. The molecule has 0 aliphatic heterocycles. The Hall–Kier alpha value is -1.61. The monoisotopic (exact) mass is 219 g/mol. The third kappa shape index (κ3) is 2.94. The summed E-state index contributed by atoms with van der Waals surface area (Å²) in [6, 6.07) is 9.21. The average Bonchev–Trinajstić information content (AvgIpc) is 2.31. The van der Waals surface area contributed by atoms with E-state index < -0.39 is 0 Å². The lowest BCUT2D eigenvalue weighted by Gasteiger charge is -2.26. The molecule has 1 aromatic rings. The van der Waals surface area contributed by atoms with Gasteiger partial charge in [0.1, 0.15) is 0 Å². The van der Waals surface area contributed by atoms with Gasteiger partial charge in [-0.05, 0) is 5.56 Å². The molecule has 0 aliphatic carbocycles. The number of amides is 1. The first kappa shape index (κ1) is 12.5. The fraction of sp³-hybridized carbons (Fsp3) is 0.308. The number of aliphatic hydroxyl groups is 1. The van der Waals surface area contributed by atoms with Crippen LogP contribution in [0.15, 0.2) is 43.0 Å². The molecule has 0 saturated heterocycles. The van der Waals surface area contributed by atoms with E-state index in [4.69, 9.17) is 0 Å². The van der Waals surface area contributed by atoms with E-state index in [0.717, 1.165) is 5.56 Å². The summed E-state index contributed by atoms with van der Waals surface area (Å²) in [5.41, 5.74) is 0.935. The summed E-state index contributed by atoms with van der Waals surface area (Å²) >= 11 is 0. The zero-order valence-corrected chi connectivity index (χ0v) is 9.47. The van der Waals surface area contributed by atoms with E-state index in [1.807, 2.05) is 30.3 Å². The van der Waals surface area contributed by atoms with Crippen LogP contribution in [0, 0.1) is 0 Å². The van der Waals surface area contributed by atoms with Crippen LogP contribution in [0.3, 0.4) is 0 Å². The lowest BCUT2D eigenvalue weighted by atomic mass is 10.1. The van der Waals surface area contributed by atoms with Gasteiger partial charge in [-0.1, -0.05) is 36.4 Å². The van der Waals surface area contributed by atoms with Crippen LogP contribution in [0.5, 0.6) is 0 Å². The highest BCUT2D eigenvalue weighted by molar-refractivity contribution is 5.77. The topological polar surface area (TPSA) is 40.5 Å². The Bertz CT molecular complexity index is 348. The molecule has 0 spiro atoms. The van der Waals surface area contributed by atoms with Crippen LogP contribution >= 0.6 is 0 Å². The van der Waals surface area contributed by atoms with Crippen LogP contribution in [-0.2, 0) is 4.79 Å². The highest BCUT2D eigenvalue weighted by atomic mass is 16.3. The van der Waals surface area contributed by atoms with Crippen molar-refractivity contribution >= 4 is 5.91 Å².